The molecule has 0 aromatic heterocycles. The number of benzene rings is 1. The van der Waals surface area contributed by atoms with E-state index in [9.17, 15) is 13.2 Å². The van der Waals surface area contributed by atoms with Crippen LogP contribution in [0.4, 0.5) is 0 Å². The van der Waals surface area contributed by atoms with Gasteiger partial charge in [0.05, 0.1) is 13.2 Å². The number of nitrogens with one attached hydrogen (secondary N) is 1. The average molecular weight is 411 g/mol. The molecule has 0 saturated carbocycles. The molecule has 0 unspecified atom stereocenters. The van der Waals surface area contributed by atoms with E-state index in [0.29, 0.717) is 38.2 Å². The highest BCUT2D eigenvalue weighted by Crippen LogP contribution is 2.32. The van der Waals surface area contributed by atoms with Crippen LogP contribution in [0.5, 0.6) is 5.75 Å². The van der Waals surface area contributed by atoms with E-state index in [0.717, 1.165) is 30.6 Å². The fourth-order valence-corrected chi connectivity index (χ4v) is 5.48. The van der Waals surface area contributed by atoms with Crippen molar-refractivity contribution in [3.05, 3.63) is 23.3 Å². The number of piperidine rings is 1. The van der Waals surface area contributed by atoms with Crippen LogP contribution >= 0.6 is 0 Å². The molecule has 2 saturated heterocycles. The van der Waals surface area contributed by atoms with Gasteiger partial charge in [0, 0.05) is 32.2 Å². The van der Waals surface area contributed by atoms with Crippen LogP contribution in [0.15, 0.2) is 17.0 Å². The topological polar surface area (TPSA) is 84.9 Å². The summed E-state index contributed by atoms with van der Waals surface area (Å²) in [5.74, 6) is 0.199. The molecule has 28 heavy (non-hydrogen) atoms. The number of hydrogen-bond donors (Lipinski definition) is 1. The number of sulfonamides is 1. The van der Waals surface area contributed by atoms with Crippen molar-refractivity contribution in [2.24, 2.45) is 5.92 Å². The second-order valence-electron chi connectivity index (χ2n) is 7.65. The smallest absolute Gasteiger partial charge is 0.246 e. The summed E-state index contributed by atoms with van der Waals surface area (Å²) >= 11 is 0. The van der Waals surface area contributed by atoms with Gasteiger partial charge in [-0.1, -0.05) is 0 Å². The van der Waals surface area contributed by atoms with Gasteiger partial charge in [-0.2, -0.15) is 4.31 Å². The van der Waals surface area contributed by atoms with Gasteiger partial charge in [0.2, 0.25) is 15.9 Å². The van der Waals surface area contributed by atoms with Crippen molar-refractivity contribution in [1.82, 2.24) is 9.62 Å². The first-order valence-electron chi connectivity index (χ1n) is 9.87. The molecule has 1 aromatic rings. The third kappa shape index (κ3) is 4.50. The molecule has 0 spiro atoms. The first-order chi connectivity index (χ1) is 13.3. The van der Waals surface area contributed by atoms with Gasteiger partial charge in [-0.05, 0) is 62.8 Å². The Labute approximate surface area is 167 Å². The lowest BCUT2D eigenvalue weighted by molar-refractivity contribution is -0.126. The zero-order valence-corrected chi connectivity index (χ0v) is 17.7. The van der Waals surface area contributed by atoms with Crippen LogP contribution in [-0.4, -0.2) is 58.1 Å². The van der Waals surface area contributed by atoms with E-state index in [4.69, 9.17) is 9.47 Å². The van der Waals surface area contributed by atoms with Gasteiger partial charge < -0.3 is 14.8 Å². The van der Waals surface area contributed by atoms with Crippen LogP contribution in [0.25, 0.3) is 0 Å². The number of methoxy groups -OCH3 is 1. The lowest BCUT2D eigenvalue weighted by Crippen LogP contribution is -2.44. The second kappa shape index (κ2) is 8.80. The summed E-state index contributed by atoms with van der Waals surface area (Å²) < 4.78 is 38.6. The molecule has 2 aliphatic rings. The number of nitrogens with zero attached hydrogens (tertiary/aromatic N) is 1. The number of aryl methyl sites for hydroxylation is 2. The number of rotatable bonds is 6. The Bertz CT molecular complexity index is 810. The second-order valence-corrected chi connectivity index (χ2v) is 9.55. The van der Waals surface area contributed by atoms with Crippen molar-refractivity contribution in [3.8, 4) is 5.75 Å². The third-order valence-electron chi connectivity index (χ3n) is 5.75. The van der Waals surface area contributed by atoms with E-state index in [1.54, 1.807) is 12.1 Å². The summed E-state index contributed by atoms with van der Waals surface area (Å²) in [5.41, 5.74) is 1.89. The van der Waals surface area contributed by atoms with Crippen molar-refractivity contribution in [2.45, 2.75) is 50.5 Å². The molecule has 7 nitrogen and oxygen atoms in total. The van der Waals surface area contributed by atoms with Crippen LogP contribution < -0.4 is 10.1 Å². The van der Waals surface area contributed by atoms with Crippen molar-refractivity contribution < 1.29 is 22.7 Å². The zero-order chi connectivity index (χ0) is 20.3. The van der Waals surface area contributed by atoms with E-state index in [1.807, 2.05) is 13.8 Å². The Hall–Kier alpha value is -1.64. The minimum atomic E-state index is -3.66. The predicted molar refractivity (Wildman–Crippen MR) is 106 cm³/mol. The molecule has 3 rings (SSSR count). The van der Waals surface area contributed by atoms with Gasteiger partial charge in [0.1, 0.15) is 10.6 Å². The first kappa shape index (κ1) is 21.1. The molecule has 156 valence electrons. The van der Waals surface area contributed by atoms with Gasteiger partial charge in [0.15, 0.2) is 0 Å². The highest BCUT2D eigenvalue weighted by molar-refractivity contribution is 7.89. The van der Waals surface area contributed by atoms with Crippen molar-refractivity contribution in [3.63, 3.8) is 0 Å². The Balaban J connectivity index is 1.62. The molecule has 1 N–H and O–H groups in total. The van der Waals surface area contributed by atoms with Crippen molar-refractivity contribution in [2.75, 3.05) is 33.4 Å². The molecule has 8 heteroatoms. The third-order valence-corrected chi connectivity index (χ3v) is 7.67. The summed E-state index contributed by atoms with van der Waals surface area (Å²) in [5, 5.41) is 2.96. The van der Waals surface area contributed by atoms with E-state index in [2.05, 4.69) is 5.32 Å². The highest BCUT2D eigenvalue weighted by Gasteiger charge is 2.34. The molecule has 1 amide bonds. The quantitative estimate of drug-likeness (QED) is 0.775. The van der Waals surface area contributed by atoms with E-state index in [-0.39, 0.29) is 22.8 Å². The largest absolute Gasteiger partial charge is 0.495 e. The molecule has 1 aromatic carbocycles. The Kier molecular flexibility index (Phi) is 6.62. The van der Waals surface area contributed by atoms with Crippen LogP contribution in [0.2, 0.25) is 0 Å². The van der Waals surface area contributed by atoms with Crippen LogP contribution in [0, 0.1) is 19.8 Å². The number of carbonyl (C=O) groups is 1. The average Bonchev–Trinajstić information content (AvgIpc) is 3.21. The van der Waals surface area contributed by atoms with E-state index < -0.39 is 10.0 Å². The number of carbonyl (C=O) groups excluding carboxylic acids is 1. The molecule has 2 aliphatic heterocycles. The van der Waals surface area contributed by atoms with Crippen LogP contribution in [0.1, 0.15) is 36.8 Å². The van der Waals surface area contributed by atoms with Gasteiger partial charge in [-0.25, -0.2) is 8.42 Å². The molecule has 0 bridgehead atoms. The normalized spacial score (nSPS) is 21.6. The van der Waals surface area contributed by atoms with Gasteiger partial charge in [0.25, 0.3) is 0 Å². The van der Waals surface area contributed by atoms with Gasteiger partial charge >= 0.3 is 0 Å². The molecule has 1 atom stereocenters. The molecular weight excluding hydrogens is 380 g/mol. The fraction of sp³-hybridized carbons (Fsp3) is 0.650. The maximum atomic E-state index is 13.1. The molecule has 2 fully saturated rings. The van der Waals surface area contributed by atoms with Crippen LogP contribution in [-0.2, 0) is 19.6 Å². The molecule has 0 aliphatic carbocycles. The summed E-state index contributed by atoms with van der Waals surface area (Å²) in [4.78, 5) is 12.6. The maximum absolute atomic E-state index is 13.1. The van der Waals surface area contributed by atoms with Crippen LogP contribution in [0.3, 0.4) is 0 Å². The Morgan fingerprint density at radius 1 is 1.21 bits per heavy atom. The Morgan fingerprint density at radius 2 is 1.89 bits per heavy atom. The molecule has 2 heterocycles. The maximum Gasteiger partial charge on any atom is 0.246 e. The first-order valence-corrected chi connectivity index (χ1v) is 11.3. The van der Waals surface area contributed by atoms with Gasteiger partial charge in [-0.3, -0.25) is 4.79 Å². The zero-order valence-electron chi connectivity index (χ0n) is 16.9. The Morgan fingerprint density at radius 3 is 2.50 bits per heavy atom. The summed E-state index contributed by atoms with van der Waals surface area (Å²) in [6.07, 6.45) is 3.17. The lowest BCUT2D eigenvalue weighted by Gasteiger charge is -2.31. The van der Waals surface area contributed by atoms with Crippen molar-refractivity contribution >= 4 is 15.9 Å². The lowest BCUT2D eigenvalue weighted by atomic mass is 9.97. The summed E-state index contributed by atoms with van der Waals surface area (Å²) in [6.45, 7) is 5.77. The van der Waals surface area contributed by atoms with Gasteiger partial charge in [-0.15, -0.1) is 0 Å². The number of ether oxygens (including phenoxy) is 2. The van der Waals surface area contributed by atoms with E-state index >= 15 is 0 Å². The fourth-order valence-electron chi connectivity index (χ4n) is 3.79. The number of hydrogen-bond acceptors (Lipinski definition) is 5. The van der Waals surface area contributed by atoms with Crippen molar-refractivity contribution in [1.29, 1.82) is 0 Å². The minimum absolute atomic E-state index is 0.00342. The predicted octanol–water partition coefficient (Wildman–Crippen LogP) is 2.01. The SMILES string of the molecule is COc1cc(C)c(C)cc1S(=O)(=O)N1CCC(C(=O)NC[C@H]2CCCO2)CC1. The minimum Gasteiger partial charge on any atom is -0.495 e. The summed E-state index contributed by atoms with van der Waals surface area (Å²) in [6, 6.07) is 3.43. The molecular formula is C20H30N2O5S. The number of amides is 1. The monoisotopic (exact) mass is 410 g/mol. The highest BCUT2D eigenvalue weighted by atomic mass is 32.2. The molecule has 0 radical (unpaired) electrons. The summed E-state index contributed by atoms with van der Waals surface area (Å²) in [7, 11) is -2.18. The standard InChI is InChI=1S/C20H30N2O5S/c1-14-11-18(26-3)19(12-15(14)2)28(24,25)22-8-6-16(7-9-22)20(23)21-13-17-5-4-10-27-17/h11-12,16-17H,4-10,13H2,1-3H3,(H,21,23)/t17-/m1/s1. The van der Waals surface area contributed by atoms with E-state index in [1.165, 1.54) is 11.4 Å².